The Morgan fingerprint density at radius 2 is 1.87 bits per heavy atom. The molecule has 2 aromatic heterocycles. The third-order valence-electron chi connectivity index (χ3n) is 5.38. The second kappa shape index (κ2) is 7.88. The maximum Gasteiger partial charge on any atom is 0.278 e. The number of hydrogen-bond donors (Lipinski definition) is 0. The summed E-state index contributed by atoms with van der Waals surface area (Å²) in [7, 11) is 3.20. The van der Waals surface area contributed by atoms with Gasteiger partial charge in [0, 0.05) is 6.07 Å². The van der Waals surface area contributed by atoms with E-state index < -0.39 is 0 Å². The number of methoxy groups -OCH3 is 2. The molecule has 8 heteroatoms. The molecule has 1 aliphatic heterocycles. The first-order chi connectivity index (χ1) is 15.1. The molecule has 1 atom stereocenters. The fourth-order valence-electron chi connectivity index (χ4n) is 3.63. The molecule has 0 aliphatic carbocycles. The van der Waals surface area contributed by atoms with E-state index >= 15 is 0 Å². The number of fused-ring (bicyclic) bond motifs is 1. The summed E-state index contributed by atoms with van der Waals surface area (Å²) in [5, 5.41) is 8.80. The lowest BCUT2D eigenvalue weighted by Crippen LogP contribution is -2.21. The first-order valence-corrected chi connectivity index (χ1v) is 9.96. The van der Waals surface area contributed by atoms with Gasteiger partial charge in [0.1, 0.15) is 17.6 Å². The molecule has 5 rings (SSSR count). The zero-order valence-corrected chi connectivity index (χ0v) is 17.5. The molecule has 2 aromatic carbocycles. The molecule has 3 heterocycles. The molecular formula is C23H22N4O4. The quantitative estimate of drug-likeness (QED) is 0.480. The fourth-order valence-corrected chi connectivity index (χ4v) is 3.63. The number of rotatable bonds is 5. The van der Waals surface area contributed by atoms with Crippen molar-refractivity contribution in [2.75, 3.05) is 14.2 Å². The van der Waals surface area contributed by atoms with Gasteiger partial charge in [-0.15, -0.1) is 0 Å². The molecule has 0 N–H and O–H groups in total. The highest BCUT2D eigenvalue weighted by atomic mass is 16.5. The van der Waals surface area contributed by atoms with Crippen LogP contribution in [0.1, 0.15) is 22.9 Å². The zero-order chi connectivity index (χ0) is 21.4. The zero-order valence-electron chi connectivity index (χ0n) is 17.5. The normalized spacial score (nSPS) is 15.5. The Hall–Kier alpha value is -3.65. The summed E-state index contributed by atoms with van der Waals surface area (Å²) < 4.78 is 24.2. The molecule has 0 saturated carbocycles. The monoisotopic (exact) mass is 418 g/mol. The average Bonchev–Trinajstić information content (AvgIpc) is 3.45. The summed E-state index contributed by atoms with van der Waals surface area (Å²) in [5.41, 5.74) is 4.67. The van der Waals surface area contributed by atoms with Gasteiger partial charge in [-0.05, 0) is 30.7 Å². The molecular weight excluding hydrogens is 396 g/mol. The Morgan fingerprint density at radius 3 is 2.65 bits per heavy atom. The first kappa shape index (κ1) is 19.3. The largest absolute Gasteiger partial charge is 0.497 e. The summed E-state index contributed by atoms with van der Waals surface area (Å²) >= 11 is 0. The average molecular weight is 418 g/mol. The van der Waals surface area contributed by atoms with Crippen molar-refractivity contribution < 1.29 is 18.7 Å². The Bertz CT molecular complexity index is 1210. The molecule has 4 aromatic rings. The van der Waals surface area contributed by atoms with E-state index in [1.54, 1.807) is 20.3 Å². The number of ether oxygens (including phenoxy) is 3. The van der Waals surface area contributed by atoms with Gasteiger partial charge in [0.2, 0.25) is 5.82 Å². The van der Waals surface area contributed by atoms with Gasteiger partial charge in [0.25, 0.3) is 5.89 Å². The Labute approximate surface area is 179 Å². The highest BCUT2D eigenvalue weighted by Crippen LogP contribution is 2.33. The molecule has 1 unspecified atom stereocenters. The summed E-state index contributed by atoms with van der Waals surface area (Å²) in [6, 6.07) is 15.8. The van der Waals surface area contributed by atoms with Gasteiger partial charge in [0.05, 0.1) is 38.6 Å². The van der Waals surface area contributed by atoms with Gasteiger partial charge in [-0.1, -0.05) is 35.0 Å². The van der Waals surface area contributed by atoms with Crippen LogP contribution in [0.2, 0.25) is 0 Å². The third kappa shape index (κ3) is 3.66. The Balaban J connectivity index is 1.40. The number of aromatic nitrogens is 4. The van der Waals surface area contributed by atoms with Crippen LogP contribution in [0, 0.1) is 6.92 Å². The fraction of sp³-hybridized carbons (Fsp3) is 0.261. The lowest BCUT2D eigenvalue weighted by molar-refractivity contribution is -0.00113. The van der Waals surface area contributed by atoms with Gasteiger partial charge in [-0.2, -0.15) is 10.1 Å². The molecule has 0 saturated heterocycles. The minimum absolute atomic E-state index is 0.0392. The summed E-state index contributed by atoms with van der Waals surface area (Å²) in [6.07, 6.45) is -0.0392. The van der Waals surface area contributed by atoms with Crippen molar-refractivity contribution in [3.63, 3.8) is 0 Å². The van der Waals surface area contributed by atoms with Gasteiger partial charge < -0.3 is 18.7 Å². The molecule has 31 heavy (non-hydrogen) atoms. The number of hydrogen-bond acceptors (Lipinski definition) is 7. The van der Waals surface area contributed by atoms with E-state index in [0.29, 0.717) is 47.6 Å². The van der Waals surface area contributed by atoms with Crippen molar-refractivity contribution in [3.8, 4) is 34.5 Å². The van der Waals surface area contributed by atoms with E-state index in [1.807, 2.05) is 22.9 Å². The minimum atomic E-state index is -0.0392. The van der Waals surface area contributed by atoms with E-state index in [1.165, 1.54) is 5.56 Å². The van der Waals surface area contributed by atoms with Crippen LogP contribution in [0.15, 0.2) is 53.1 Å². The van der Waals surface area contributed by atoms with Crippen LogP contribution in [0.4, 0.5) is 0 Å². The summed E-state index contributed by atoms with van der Waals surface area (Å²) in [6.45, 7) is 3.17. The molecule has 158 valence electrons. The van der Waals surface area contributed by atoms with Gasteiger partial charge >= 0.3 is 0 Å². The molecule has 0 radical (unpaired) electrons. The molecule has 0 bridgehead atoms. The van der Waals surface area contributed by atoms with Crippen molar-refractivity contribution >= 4 is 0 Å². The van der Waals surface area contributed by atoms with Crippen LogP contribution >= 0.6 is 0 Å². The minimum Gasteiger partial charge on any atom is -0.497 e. The van der Waals surface area contributed by atoms with E-state index in [4.69, 9.17) is 18.7 Å². The number of benzene rings is 2. The van der Waals surface area contributed by atoms with Crippen LogP contribution in [0.25, 0.3) is 23.0 Å². The van der Waals surface area contributed by atoms with E-state index in [0.717, 1.165) is 11.3 Å². The van der Waals surface area contributed by atoms with E-state index in [2.05, 4.69) is 46.4 Å². The standard InChI is InChI=1S/C23H22N4O4/c1-14-4-6-15(7-5-14)21-12-27-16(13-30-21)10-19(25-27)23-24-22(26-31-23)18-9-8-17(28-2)11-20(18)29-3/h4-11,21H,12-13H2,1-3H3. The van der Waals surface area contributed by atoms with Crippen molar-refractivity contribution in [2.24, 2.45) is 0 Å². The number of nitrogens with zero attached hydrogens (tertiary/aromatic N) is 4. The van der Waals surface area contributed by atoms with Crippen LogP contribution in [-0.4, -0.2) is 34.1 Å². The molecule has 0 amide bonds. The summed E-state index contributed by atoms with van der Waals surface area (Å²) in [4.78, 5) is 4.53. The first-order valence-electron chi connectivity index (χ1n) is 9.96. The van der Waals surface area contributed by atoms with Crippen LogP contribution in [-0.2, 0) is 17.9 Å². The lowest BCUT2D eigenvalue weighted by Gasteiger charge is -2.24. The molecule has 8 nitrogen and oxygen atoms in total. The second-order valence-corrected chi connectivity index (χ2v) is 7.40. The molecule has 0 spiro atoms. The van der Waals surface area contributed by atoms with E-state index in [-0.39, 0.29) is 6.10 Å². The Morgan fingerprint density at radius 1 is 1.03 bits per heavy atom. The SMILES string of the molecule is COc1ccc(-c2noc(-c3cc4n(n3)CC(c3ccc(C)cc3)OC4)n2)c(OC)c1. The maximum absolute atomic E-state index is 6.05. The predicted molar refractivity (Wildman–Crippen MR) is 113 cm³/mol. The molecule has 1 aliphatic rings. The van der Waals surface area contributed by atoms with Gasteiger partial charge in [-0.25, -0.2) is 0 Å². The second-order valence-electron chi connectivity index (χ2n) is 7.40. The van der Waals surface area contributed by atoms with Crippen molar-refractivity contribution in [1.82, 2.24) is 19.9 Å². The smallest absolute Gasteiger partial charge is 0.278 e. The van der Waals surface area contributed by atoms with Crippen LogP contribution in [0.3, 0.4) is 0 Å². The predicted octanol–water partition coefficient (Wildman–Crippen LogP) is 4.20. The summed E-state index contributed by atoms with van der Waals surface area (Å²) in [5.74, 6) is 2.07. The van der Waals surface area contributed by atoms with Gasteiger partial charge in [0.15, 0.2) is 5.69 Å². The number of aryl methyl sites for hydroxylation is 1. The molecule has 0 fully saturated rings. The van der Waals surface area contributed by atoms with Crippen molar-refractivity contribution in [2.45, 2.75) is 26.2 Å². The highest BCUT2D eigenvalue weighted by Gasteiger charge is 2.25. The van der Waals surface area contributed by atoms with E-state index in [9.17, 15) is 0 Å². The Kier molecular flexibility index (Phi) is 4.91. The third-order valence-corrected chi connectivity index (χ3v) is 5.38. The van der Waals surface area contributed by atoms with Crippen molar-refractivity contribution in [3.05, 3.63) is 65.4 Å². The van der Waals surface area contributed by atoms with Gasteiger partial charge in [-0.3, -0.25) is 4.68 Å². The van der Waals surface area contributed by atoms with Crippen LogP contribution < -0.4 is 9.47 Å². The van der Waals surface area contributed by atoms with Crippen LogP contribution in [0.5, 0.6) is 11.5 Å². The maximum atomic E-state index is 6.05. The van der Waals surface area contributed by atoms with Crippen molar-refractivity contribution in [1.29, 1.82) is 0 Å². The lowest BCUT2D eigenvalue weighted by atomic mass is 10.1. The topological polar surface area (TPSA) is 84.4 Å². The highest BCUT2D eigenvalue weighted by molar-refractivity contribution is 5.66.